The molecule has 2 heterocycles. The highest BCUT2D eigenvalue weighted by molar-refractivity contribution is 5.92. The molecule has 2 N–H and O–H groups in total. The smallest absolute Gasteiger partial charge is 0.269 e. The van der Waals surface area contributed by atoms with Crippen molar-refractivity contribution in [3.05, 3.63) is 17.5 Å². The lowest BCUT2D eigenvalue weighted by atomic mass is 10.0. The molecule has 2 atom stereocenters. The topological polar surface area (TPSA) is 59.0 Å². The van der Waals surface area contributed by atoms with E-state index in [0.29, 0.717) is 11.7 Å². The van der Waals surface area contributed by atoms with Crippen molar-refractivity contribution in [3.8, 4) is 0 Å². The number of nitrogens with one attached hydrogen (secondary N) is 2. The van der Waals surface area contributed by atoms with Crippen LogP contribution in [0.4, 0.5) is 0 Å². The Labute approximate surface area is 102 Å². The summed E-state index contributed by atoms with van der Waals surface area (Å²) < 4.78 is 1.63. The summed E-state index contributed by atoms with van der Waals surface area (Å²) in [7, 11) is 1.79. The van der Waals surface area contributed by atoms with Gasteiger partial charge in [-0.25, -0.2) is 0 Å². The second kappa shape index (κ2) is 4.87. The van der Waals surface area contributed by atoms with Gasteiger partial charge in [0.05, 0.1) is 5.69 Å². The van der Waals surface area contributed by atoms with Crippen molar-refractivity contribution in [2.24, 2.45) is 7.05 Å². The summed E-state index contributed by atoms with van der Waals surface area (Å²) in [6, 6.07) is 2.60. The fourth-order valence-electron chi connectivity index (χ4n) is 2.20. The predicted molar refractivity (Wildman–Crippen MR) is 65.9 cm³/mol. The van der Waals surface area contributed by atoms with Crippen LogP contribution < -0.4 is 10.6 Å². The summed E-state index contributed by atoms with van der Waals surface area (Å²) >= 11 is 0. The number of hydrogen-bond acceptors (Lipinski definition) is 3. The molecule has 5 nitrogen and oxygen atoms in total. The molecular formula is C12H20N4O. The van der Waals surface area contributed by atoms with Gasteiger partial charge < -0.3 is 10.6 Å². The van der Waals surface area contributed by atoms with Gasteiger partial charge in [-0.1, -0.05) is 0 Å². The van der Waals surface area contributed by atoms with Crippen LogP contribution in [0.15, 0.2) is 6.07 Å². The molecule has 5 heteroatoms. The molecule has 1 aromatic heterocycles. The Morgan fingerprint density at radius 2 is 2.35 bits per heavy atom. The van der Waals surface area contributed by atoms with E-state index in [0.717, 1.165) is 25.1 Å². The van der Waals surface area contributed by atoms with Crippen LogP contribution in [0.5, 0.6) is 0 Å². The number of nitrogens with zero attached hydrogens (tertiary/aromatic N) is 2. The molecule has 0 radical (unpaired) electrons. The van der Waals surface area contributed by atoms with Gasteiger partial charge in [-0.3, -0.25) is 9.48 Å². The molecule has 1 fully saturated rings. The summed E-state index contributed by atoms with van der Waals surface area (Å²) in [6.45, 7) is 4.91. The molecule has 94 valence electrons. The summed E-state index contributed by atoms with van der Waals surface area (Å²) in [4.78, 5) is 12.0. The maximum Gasteiger partial charge on any atom is 0.269 e. The molecular weight excluding hydrogens is 216 g/mol. The zero-order chi connectivity index (χ0) is 12.4. The van der Waals surface area contributed by atoms with E-state index in [2.05, 4.69) is 22.7 Å². The first-order valence-electron chi connectivity index (χ1n) is 6.11. The van der Waals surface area contributed by atoms with Crippen LogP contribution in [0, 0.1) is 6.92 Å². The molecule has 1 saturated heterocycles. The van der Waals surface area contributed by atoms with Gasteiger partial charge in [-0.2, -0.15) is 5.10 Å². The quantitative estimate of drug-likeness (QED) is 0.790. The van der Waals surface area contributed by atoms with Gasteiger partial charge >= 0.3 is 0 Å². The third-order valence-electron chi connectivity index (χ3n) is 3.23. The molecule has 0 aliphatic carbocycles. The van der Waals surface area contributed by atoms with E-state index in [-0.39, 0.29) is 11.9 Å². The van der Waals surface area contributed by atoms with E-state index in [9.17, 15) is 4.79 Å². The highest BCUT2D eigenvalue weighted by atomic mass is 16.2. The molecule has 1 aliphatic heterocycles. The maximum atomic E-state index is 12.0. The minimum atomic E-state index is -0.0329. The average Bonchev–Trinajstić information content (AvgIpc) is 2.61. The van der Waals surface area contributed by atoms with Crippen molar-refractivity contribution in [3.63, 3.8) is 0 Å². The number of aryl methyl sites for hydroxylation is 2. The Morgan fingerprint density at radius 3 is 2.88 bits per heavy atom. The first-order chi connectivity index (χ1) is 8.06. The van der Waals surface area contributed by atoms with E-state index >= 15 is 0 Å². The van der Waals surface area contributed by atoms with Gasteiger partial charge in [-0.05, 0) is 32.8 Å². The molecule has 2 unspecified atom stereocenters. The van der Waals surface area contributed by atoms with Crippen molar-refractivity contribution in [2.45, 2.75) is 38.8 Å². The van der Waals surface area contributed by atoms with Crippen molar-refractivity contribution in [1.29, 1.82) is 0 Å². The van der Waals surface area contributed by atoms with E-state index in [4.69, 9.17) is 0 Å². The van der Waals surface area contributed by atoms with Crippen LogP contribution in [0.25, 0.3) is 0 Å². The standard InChI is InChI=1S/C12H20N4O/c1-8-4-5-10(7-13-8)14-12(17)11-6-9(2)15-16(11)3/h6,8,10,13H,4-5,7H2,1-3H3,(H,14,17). The van der Waals surface area contributed by atoms with Crippen LogP contribution in [-0.2, 0) is 7.05 Å². The number of aromatic nitrogens is 2. The minimum absolute atomic E-state index is 0.0329. The monoisotopic (exact) mass is 236 g/mol. The fraction of sp³-hybridized carbons (Fsp3) is 0.667. The number of piperidine rings is 1. The van der Waals surface area contributed by atoms with E-state index in [1.807, 2.05) is 13.0 Å². The van der Waals surface area contributed by atoms with E-state index in [1.165, 1.54) is 0 Å². The van der Waals surface area contributed by atoms with Gasteiger partial charge in [0.2, 0.25) is 0 Å². The summed E-state index contributed by atoms with van der Waals surface area (Å²) in [5.41, 5.74) is 1.49. The normalized spacial score (nSPS) is 24.6. The van der Waals surface area contributed by atoms with Crippen LogP contribution in [0.3, 0.4) is 0 Å². The first kappa shape index (κ1) is 12.1. The predicted octanol–water partition coefficient (Wildman–Crippen LogP) is 0.599. The zero-order valence-corrected chi connectivity index (χ0v) is 10.7. The number of rotatable bonds is 2. The van der Waals surface area contributed by atoms with Crippen molar-refractivity contribution >= 4 is 5.91 Å². The van der Waals surface area contributed by atoms with Crippen molar-refractivity contribution < 1.29 is 4.79 Å². The minimum Gasteiger partial charge on any atom is -0.347 e. The van der Waals surface area contributed by atoms with Gasteiger partial charge in [0.1, 0.15) is 5.69 Å². The zero-order valence-electron chi connectivity index (χ0n) is 10.7. The highest BCUT2D eigenvalue weighted by Crippen LogP contribution is 2.09. The Hall–Kier alpha value is -1.36. The maximum absolute atomic E-state index is 12.0. The van der Waals surface area contributed by atoms with Gasteiger partial charge in [0, 0.05) is 25.7 Å². The number of amides is 1. The van der Waals surface area contributed by atoms with Crippen LogP contribution >= 0.6 is 0 Å². The first-order valence-corrected chi connectivity index (χ1v) is 6.11. The molecule has 1 aliphatic rings. The third kappa shape index (κ3) is 2.85. The third-order valence-corrected chi connectivity index (χ3v) is 3.23. The summed E-state index contributed by atoms with van der Waals surface area (Å²) in [5.74, 6) is -0.0329. The average molecular weight is 236 g/mol. The Kier molecular flexibility index (Phi) is 3.47. The van der Waals surface area contributed by atoms with Gasteiger partial charge in [-0.15, -0.1) is 0 Å². The Morgan fingerprint density at radius 1 is 1.59 bits per heavy atom. The second-order valence-electron chi connectivity index (χ2n) is 4.85. The van der Waals surface area contributed by atoms with Crippen molar-refractivity contribution in [1.82, 2.24) is 20.4 Å². The lowest BCUT2D eigenvalue weighted by Gasteiger charge is -2.28. The lowest BCUT2D eigenvalue weighted by molar-refractivity contribution is 0.0918. The van der Waals surface area contributed by atoms with Crippen LogP contribution in [0.1, 0.15) is 35.9 Å². The van der Waals surface area contributed by atoms with Gasteiger partial charge in [0.15, 0.2) is 0 Å². The number of hydrogen-bond donors (Lipinski definition) is 2. The molecule has 17 heavy (non-hydrogen) atoms. The SMILES string of the molecule is Cc1cc(C(=O)NC2CCC(C)NC2)n(C)n1. The summed E-state index contributed by atoms with van der Waals surface area (Å²) in [5, 5.41) is 10.6. The largest absolute Gasteiger partial charge is 0.347 e. The van der Waals surface area contributed by atoms with Crippen molar-refractivity contribution in [2.75, 3.05) is 6.54 Å². The molecule has 0 bridgehead atoms. The molecule has 1 amide bonds. The Bertz CT molecular complexity index is 405. The summed E-state index contributed by atoms with van der Waals surface area (Å²) in [6.07, 6.45) is 2.14. The molecule has 0 spiro atoms. The van der Waals surface area contributed by atoms with E-state index < -0.39 is 0 Å². The van der Waals surface area contributed by atoms with E-state index in [1.54, 1.807) is 11.7 Å². The second-order valence-corrected chi connectivity index (χ2v) is 4.85. The van der Waals surface area contributed by atoms with Crippen LogP contribution in [0.2, 0.25) is 0 Å². The lowest BCUT2D eigenvalue weighted by Crippen LogP contribution is -2.48. The molecule has 0 saturated carbocycles. The molecule has 2 rings (SSSR count). The fourth-order valence-corrected chi connectivity index (χ4v) is 2.20. The van der Waals surface area contributed by atoms with Gasteiger partial charge in [0.25, 0.3) is 5.91 Å². The molecule has 1 aromatic rings. The number of carbonyl (C=O) groups is 1. The van der Waals surface area contributed by atoms with Crippen LogP contribution in [-0.4, -0.2) is 34.3 Å². The Balaban J connectivity index is 1.95. The highest BCUT2D eigenvalue weighted by Gasteiger charge is 2.21. The number of carbonyl (C=O) groups excluding carboxylic acids is 1. The molecule has 0 aromatic carbocycles.